The lowest BCUT2D eigenvalue weighted by Gasteiger charge is -2.04. The summed E-state index contributed by atoms with van der Waals surface area (Å²) in [6.45, 7) is 4.19. The Balaban J connectivity index is 2.28. The van der Waals surface area contributed by atoms with Crippen LogP contribution in [-0.4, -0.2) is 11.0 Å². The molecule has 0 spiro atoms. The van der Waals surface area contributed by atoms with Crippen LogP contribution in [0.1, 0.15) is 13.8 Å². The highest BCUT2D eigenvalue weighted by atomic mass is 35.5. The lowest BCUT2D eigenvalue weighted by atomic mass is 10.2. The Kier molecular flexibility index (Phi) is 3.46. The van der Waals surface area contributed by atoms with Crippen LogP contribution in [0.3, 0.4) is 0 Å². The molecule has 84 valence electrons. The first-order chi connectivity index (χ1) is 7.66. The molecule has 0 atom stereocenters. The maximum Gasteiger partial charge on any atom is 0.183 e. The number of hydrogen-bond acceptors (Lipinski definition) is 3. The van der Waals surface area contributed by atoms with Crippen LogP contribution in [0.2, 0.25) is 5.02 Å². The molecule has 2 nitrogen and oxygen atoms in total. The molecule has 0 saturated carbocycles. The first-order valence-electron chi connectivity index (χ1n) is 5.14. The predicted molar refractivity (Wildman–Crippen MR) is 71.3 cm³/mol. The molecule has 16 heavy (non-hydrogen) atoms. The Bertz CT molecular complexity index is 479. The van der Waals surface area contributed by atoms with Gasteiger partial charge in [-0.2, -0.15) is 0 Å². The molecule has 2 rings (SSSR count). The number of aromatic nitrogens is 1. The molecule has 0 amide bonds. The number of anilines is 1. The highest BCUT2D eigenvalue weighted by Crippen LogP contribution is 2.30. The number of nitrogens with one attached hydrogen (secondary N) is 1. The summed E-state index contributed by atoms with van der Waals surface area (Å²) in [5.74, 6) is 0. The molecule has 2 aromatic rings. The van der Waals surface area contributed by atoms with E-state index < -0.39 is 0 Å². The average Bonchev–Trinajstić information content (AvgIpc) is 2.66. The minimum atomic E-state index is 0.394. The summed E-state index contributed by atoms with van der Waals surface area (Å²) in [6.07, 6.45) is 0. The van der Waals surface area contributed by atoms with Crippen LogP contribution in [-0.2, 0) is 0 Å². The summed E-state index contributed by atoms with van der Waals surface area (Å²) in [5.41, 5.74) is 1.91. The van der Waals surface area contributed by atoms with Crippen molar-refractivity contribution in [2.75, 3.05) is 5.32 Å². The third kappa shape index (κ3) is 2.54. The zero-order valence-electron chi connectivity index (χ0n) is 9.20. The minimum absolute atomic E-state index is 0.394. The van der Waals surface area contributed by atoms with Gasteiger partial charge in [0.05, 0.1) is 5.69 Å². The molecule has 0 aliphatic heterocycles. The molecule has 0 bridgehead atoms. The summed E-state index contributed by atoms with van der Waals surface area (Å²) in [5, 5.41) is 6.97. The van der Waals surface area contributed by atoms with Crippen LogP contribution >= 0.6 is 22.9 Å². The second kappa shape index (κ2) is 4.85. The molecule has 4 heteroatoms. The van der Waals surface area contributed by atoms with Crippen molar-refractivity contribution in [3.05, 3.63) is 34.7 Å². The Labute approximate surface area is 104 Å². The van der Waals surface area contributed by atoms with Gasteiger partial charge in [0.1, 0.15) is 0 Å². The zero-order chi connectivity index (χ0) is 11.5. The lowest BCUT2D eigenvalue weighted by Crippen LogP contribution is -2.08. The van der Waals surface area contributed by atoms with E-state index in [1.54, 1.807) is 11.3 Å². The molecule has 0 unspecified atom stereocenters. The summed E-state index contributed by atoms with van der Waals surface area (Å²) < 4.78 is 0. The minimum Gasteiger partial charge on any atom is -0.359 e. The van der Waals surface area contributed by atoms with Crippen molar-refractivity contribution >= 4 is 28.1 Å². The van der Waals surface area contributed by atoms with Gasteiger partial charge in [-0.1, -0.05) is 29.8 Å². The van der Waals surface area contributed by atoms with Crippen LogP contribution in [0.4, 0.5) is 5.13 Å². The van der Waals surface area contributed by atoms with E-state index in [1.165, 1.54) is 0 Å². The zero-order valence-corrected chi connectivity index (χ0v) is 10.8. The normalized spacial score (nSPS) is 10.8. The van der Waals surface area contributed by atoms with Gasteiger partial charge in [0.15, 0.2) is 5.13 Å². The number of nitrogens with zero attached hydrogens (tertiary/aromatic N) is 1. The van der Waals surface area contributed by atoms with Crippen LogP contribution in [0.15, 0.2) is 29.6 Å². The molecule has 0 fully saturated rings. The average molecular weight is 253 g/mol. The molecule has 0 saturated heterocycles. The molecule has 1 N–H and O–H groups in total. The Morgan fingerprint density at radius 1 is 1.31 bits per heavy atom. The van der Waals surface area contributed by atoms with Gasteiger partial charge in [0.25, 0.3) is 0 Å². The van der Waals surface area contributed by atoms with Crippen LogP contribution in [0.5, 0.6) is 0 Å². The van der Waals surface area contributed by atoms with Gasteiger partial charge in [-0.25, -0.2) is 4.98 Å². The maximum atomic E-state index is 6.12. The van der Waals surface area contributed by atoms with Crippen LogP contribution < -0.4 is 5.32 Å². The van der Waals surface area contributed by atoms with Crippen molar-refractivity contribution in [2.45, 2.75) is 19.9 Å². The van der Waals surface area contributed by atoms with Crippen LogP contribution in [0, 0.1) is 0 Å². The van der Waals surface area contributed by atoms with E-state index in [4.69, 9.17) is 11.6 Å². The second-order valence-corrected chi connectivity index (χ2v) is 5.08. The van der Waals surface area contributed by atoms with Crippen molar-refractivity contribution in [3.8, 4) is 11.3 Å². The van der Waals surface area contributed by atoms with Gasteiger partial charge < -0.3 is 5.32 Å². The third-order valence-corrected chi connectivity index (χ3v) is 3.17. The number of benzene rings is 1. The standard InChI is InChI=1S/C12H13ClN2S/c1-8(2)14-12-15-11(7-16-12)9-5-3-4-6-10(9)13/h3-8H,1-2H3,(H,14,15). The Morgan fingerprint density at radius 2 is 2.06 bits per heavy atom. The van der Waals surface area contributed by atoms with Crippen LogP contribution in [0.25, 0.3) is 11.3 Å². The van der Waals surface area contributed by atoms with Gasteiger partial charge in [-0.3, -0.25) is 0 Å². The van der Waals surface area contributed by atoms with E-state index in [0.717, 1.165) is 21.4 Å². The fourth-order valence-corrected chi connectivity index (χ4v) is 2.47. The molecular formula is C12H13ClN2S. The van der Waals surface area contributed by atoms with Gasteiger partial charge in [-0.15, -0.1) is 11.3 Å². The quantitative estimate of drug-likeness (QED) is 0.882. The van der Waals surface area contributed by atoms with Crippen molar-refractivity contribution in [2.24, 2.45) is 0 Å². The number of hydrogen-bond donors (Lipinski definition) is 1. The predicted octanol–water partition coefficient (Wildman–Crippen LogP) is 4.28. The summed E-state index contributed by atoms with van der Waals surface area (Å²) in [7, 11) is 0. The molecule has 1 aromatic carbocycles. The van der Waals surface area contributed by atoms with Crippen molar-refractivity contribution < 1.29 is 0 Å². The first kappa shape index (κ1) is 11.4. The van der Waals surface area contributed by atoms with E-state index >= 15 is 0 Å². The molecule has 1 heterocycles. The monoisotopic (exact) mass is 252 g/mol. The number of rotatable bonds is 3. The summed E-state index contributed by atoms with van der Waals surface area (Å²) in [4.78, 5) is 4.50. The highest BCUT2D eigenvalue weighted by molar-refractivity contribution is 7.14. The smallest absolute Gasteiger partial charge is 0.183 e. The number of thiazole rings is 1. The van der Waals surface area contributed by atoms with E-state index in [1.807, 2.05) is 29.6 Å². The van der Waals surface area contributed by atoms with Gasteiger partial charge in [0, 0.05) is 22.0 Å². The number of halogens is 1. The van der Waals surface area contributed by atoms with E-state index in [-0.39, 0.29) is 0 Å². The Morgan fingerprint density at radius 3 is 2.75 bits per heavy atom. The van der Waals surface area contributed by atoms with Crippen molar-refractivity contribution in [1.29, 1.82) is 0 Å². The molecule has 1 aromatic heterocycles. The lowest BCUT2D eigenvalue weighted by molar-refractivity contribution is 0.897. The van der Waals surface area contributed by atoms with Gasteiger partial charge in [-0.05, 0) is 19.9 Å². The van der Waals surface area contributed by atoms with Crippen molar-refractivity contribution in [1.82, 2.24) is 4.98 Å². The SMILES string of the molecule is CC(C)Nc1nc(-c2ccccc2Cl)cs1. The molecular weight excluding hydrogens is 240 g/mol. The molecule has 0 aliphatic carbocycles. The third-order valence-electron chi connectivity index (χ3n) is 2.07. The second-order valence-electron chi connectivity index (χ2n) is 3.82. The van der Waals surface area contributed by atoms with E-state index in [2.05, 4.69) is 24.1 Å². The summed E-state index contributed by atoms with van der Waals surface area (Å²) >= 11 is 7.72. The largest absolute Gasteiger partial charge is 0.359 e. The highest BCUT2D eigenvalue weighted by Gasteiger charge is 2.07. The molecule has 0 aliphatic rings. The van der Waals surface area contributed by atoms with Gasteiger partial charge in [0.2, 0.25) is 0 Å². The Hall–Kier alpha value is -1.06. The first-order valence-corrected chi connectivity index (χ1v) is 6.39. The van der Waals surface area contributed by atoms with E-state index in [9.17, 15) is 0 Å². The fourth-order valence-electron chi connectivity index (χ4n) is 1.38. The van der Waals surface area contributed by atoms with Crippen molar-refractivity contribution in [3.63, 3.8) is 0 Å². The maximum absolute atomic E-state index is 6.12. The van der Waals surface area contributed by atoms with E-state index in [0.29, 0.717) is 6.04 Å². The topological polar surface area (TPSA) is 24.9 Å². The van der Waals surface area contributed by atoms with Gasteiger partial charge >= 0.3 is 0 Å². The fraction of sp³-hybridized carbons (Fsp3) is 0.250. The molecule has 0 radical (unpaired) electrons. The summed E-state index contributed by atoms with van der Waals surface area (Å²) in [6, 6.07) is 8.15.